The molecule has 4 aromatic carbocycles. The van der Waals surface area contributed by atoms with Gasteiger partial charge in [0.1, 0.15) is 23.0 Å². The van der Waals surface area contributed by atoms with Gasteiger partial charge in [-0.2, -0.15) is 0 Å². The van der Waals surface area contributed by atoms with Gasteiger partial charge in [0.05, 0.1) is 0 Å². The number of hydrogen-bond acceptors (Lipinski definition) is 6. The van der Waals surface area contributed by atoms with Crippen molar-refractivity contribution < 1.29 is 29.9 Å². The maximum atomic E-state index is 9.77. The highest BCUT2D eigenvalue weighted by Gasteiger charge is 2.29. The summed E-state index contributed by atoms with van der Waals surface area (Å²) in [4.78, 5) is 0. The summed E-state index contributed by atoms with van der Waals surface area (Å²) in [5, 5.41) is 39.1. The van der Waals surface area contributed by atoms with Crippen molar-refractivity contribution in [2.75, 3.05) is 0 Å². The average Bonchev–Trinajstić information content (AvgIpc) is 2.85. The number of phenolic OH excluding ortho intramolecular Hbond substituents is 4. The van der Waals surface area contributed by atoms with Crippen molar-refractivity contribution in [3.8, 4) is 23.0 Å². The number of ether oxygens (including phenoxy) is 2. The quantitative estimate of drug-likeness (QED) is 0.307. The third-order valence-corrected chi connectivity index (χ3v) is 5.34. The molecule has 34 heavy (non-hydrogen) atoms. The largest absolute Gasteiger partial charge is 0.508 e. The Morgan fingerprint density at radius 3 is 0.647 bits per heavy atom. The first kappa shape index (κ1) is 21.0. The molecule has 0 radical (unpaired) electrons. The van der Waals surface area contributed by atoms with Crippen LogP contribution in [0.2, 0.25) is 0 Å². The van der Waals surface area contributed by atoms with Crippen LogP contribution in [-0.2, 0) is 9.47 Å². The Bertz CT molecular complexity index is 1160. The van der Waals surface area contributed by atoms with Crippen molar-refractivity contribution in [1.29, 1.82) is 0 Å². The fraction of sp³-hybridized carbons (Fsp3) is 0. The Kier molecular flexibility index (Phi) is 5.32. The molecule has 168 valence electrons. The zero-order valence-corrected chi connectivity index (χ0v) is 17.8. The molecule has 0 fully saturated rings. The molecule has 4 aromatic rings. The molecular weight excluding hydrogens is 432 g/mol. The van der Waals surface area contributed by atoms with E-state index in [1.165, 1.54) is 0 Å². The Hall–Kier alpha value is -4.84. The molecule has 0 aromatic heterocycles. The van der Waals surface area contributed by atoms with Crippen molar-refractivity contribution in [3.05, 3.63) is 119 Å². The minimum absolute atomic E-state index is 0.117. The Labute approximate surface area is 195 Å². The molecule has 0 atom stereocenters. The highest BCUT2D eigenvalue weighted by Crippen LogP contribution is 2.44. The lowest BCUT2D eigenvalue weighted by Crippen LogP contribution is -2.09. The number of phenols is 4. The van der Waals surface area contributed by atoms with Crippen molar-refractivity contribution in [1.82, 2.24) is 0 Å². The Balaban J connectivity index is 1.71. The summed E-state index contributed by atoms with van der Waals surface area (Å²) in [5.41, 5.74) is 2.67. The third-order valence-electron chi connectivity index (χ3n) is 5.34. The van der Waals surface area contributed by atoms with Crippen molar-refractivity contribution >= 4 is 23.0 Å². The predicted molar refractivity (Wildman–Crippen MR) is 128 cm³/mol. The Morgan fingerprint density at radius 2 is 0.471 bits per heavy atom. The summed E-state index contributed by atoms with van der Waals surface area (Å²) in [6, 6.07) is 26.2. The standard InChI is InChI=1S/C28H20O6/c29-21-9-1-17(2-10-21)25-26(18-3-11-22(30)12-4-18)34-28(20-7-15-24(32)16-8-20)27(33-25)19-5-13-23(31)14-6-19/h1-16,29-32H. The van der Waals surface area contributed by atoms with E-state index >= 15 is 0 Å². The molecule has 0 aliphatic carbocycles. The van der Waals surface area contributed by atoms with Gasteiger partial charge in [-0.3, -0.25) is 0 Å². The molecule has 0 saturated carbocycles. The number of aromatic hydroxyl groups is 4. The zero-order chi connectivity index (χ0) is 23.7. The van der Waals surface area contributed by atoms with Crippen molar-refractivity contribution in [2.24, 2.45) is 0 Å². The average molecular weight is 452 g/mol. The monoisotopic (exact) mass is 452 g/mol. The maximum absolute atomic E-state index is 9.77. The van der Waals surface area contributed by atoms with E-state index in [0.29, 0.717) is 45.3 Å². The first-order valence-electron chi connectivity index (χ1n) is 10.5. The molecule has 0 unspecified atom stereocenters. The molecule has 6 heteroatoms. The third kappa shape index (κ3) is 4.12. The van der Waals surface area contributed by atoms with Crippen LogP contribution in [0.15, 0.2) is 97.1 Å². The summed E-state index contributed by atoms with van der Waals surface area (Å²) >= 11 is 0. The number of benzene rings is 4. The van der Waals surface area contributed by atoms with E-state index in [2.05, 4.69) is 0 Å². The van der Waals surface area contributed by atoms with Crippen molar-refractivity contribution in [2.45, 2.75) is 0 Å². The SMILES string of the molecule is Oc1ccc(C2=C(c3ccc(O)cc3)OC(c3ccc(O)cc3)=C(c3ccc(O)cc3)O2)cc1. The van der Waals surface area contributed by atoms with E-state index in [0.717, 1.165) is 0 Å². The highest BCUT2D eigenvalue weighted by molar-refractivity contribution is 5.97. The summed E-state index contributed by atoms with van der Waals surface area (Å²) in [5.74, 6) is 2.12. The second kappa shape index (κ2) is 8.60. The van der Waals surface area contributed by atoms with E-state index in [-0.39, 0.29) is 23.0 Å². The van der Waals surface area contributed by atoms with Crippen LogP contribution in [0.4, 0.5) is 0 Å². The number of rotatable bonds is 4. The van der Waals surface area contributed by atoms with Gasteiger partial charge in [0.25, 0.3) is 0 Å². The van der Waals surface area contributed by atoms with Crippen LogP contribution in [0, 0.1) is 0 Å². The zero-order valence-electron chi connectivity index (χ0n) is 17.8. The lowest BCUT2D eigenvalue weighted by molar-refractivity contribution is 0.380. The van der Waals surface area contributed by atoms with Gasteiger partial charge >= 0.3 is 0 Å². The first-order chi connectivity index (χ1) is 16.5. The van der Waals surface area contributed by atoms with Crippen LogP contribution < -0.4 is 0 Å². The molecule has 1 aliphatic rings. The lowest BCUT2D eigenvalue weighted by atomic mass is 10.0. The molecule has 0 bridgehead atoms. The topological polar surface area (TPSA) is 99.4 Å². The van der Waals surface area contributed by atoms with Crippen LogP contribution in [0.3, 0.4) is 0 Å². The molecule has 0 spiro atoms. The molecule has 0 amide bonds. The summed E-state index contributed by atoms with van der Waals surface area (Å²) in [6.07, 6.45) is 0. The predicted octanol–water partition coefficient (Wildman–Crippen LogP) is 5.91. The molecule has 1 heterocycles. The number of hydrogen-bond donors (Lipinski definition) is 4. The second-order valence-electron chi connectivity index (χ2n) is 7.71. The molecule has 1 aliphatic heterocycles. The second-order valence-corrected chi connectivity index (χ2v) is 7.71. The van der Waals surface area contributed by atoms with Crippen molar-refractivity contribution in [3.63, 3.8) is 0 Å². The molecule has 0 saturated heterocycles. The highest BCUT2D eigenvalue weighted by atomic mass is 16.6. The summed E-state index contributed by atoms with van der Waals surface area (Å²) in [7, 11) is 0. The van der Waals surface area contributed by atoms with Gasteiger partial charge < -0.3 is 29.9 Å². The summed E-state index contributed by atoms with van der Waals surface area (Å²) in [6.45, 7) is 0. The van der Waals surface area contributed by atoms with Crippen LogP contribution in [0.1, 0.15) is 22.3 Å². The van der Waals surface area contributed by atoms with E-state index < -0.39 is 0 Å². The summed E-state index contributed by atoms with van der Waals surface area (Å²) < 4.78 is 13.0. The normalized spacial score (nSPS) is 13.4. The van der Waals surface area contributed by atoms with Gasteiger partial charge in [-0.15, -0.1) is 0 Å². The van der Waals surface area contributed by atoms with E-state index in [9.17, 15) is 20.4 Å². The van der Waals surface area contributed by atoms with E-state index in [1.807, 2.05) is 0 Å². The fourth-order valence-electron chi connectivity index (χ4n) is 3.60. The van der Waals surface area contributed by atoms with Crippen LogP contribution in [0.25, 0.3) is 23.0 Å². The van der Waals surface area contributed by atoms with Crippen LogP contribution >= 0.6 is 0 Å². The fourth-order valence-corrected chi connectivity index (χ4v) is 3.60. The molecule has 5 rings (SSSR count). The lowest BCUT2D eigenvalue weighted by Gasteiger charge is -2.27. The first-order valence-corrected chi connectivity index (χ1v) is 10.5. The van der Waals surface area contributed by atoms with Crippen LogP contribution in [0.5, 0.6) is 23.0 Å². The van der Waals surface area contributed by atoms with Gasteiger partial charge in [0.15, 0.2) is 23.0 Å². The molecule has 6 nitrogen and oxygen atoms in total. The molecule has 4 N–H and O–H groups in total. The van der Waals surface area contributed by atoms with Gasteiger partial charge in [0, 0.05) is 22.3 Å². The van der Waals surface area contributed by atoms with E-state index in [1.54, 1.807) is 97.1 Å². The molecular formula is C28H20O6. The van der Waals surface area contributed by atoms with E-state index in [4.69, 9.17) is 9.47 Å². The smallest absolute Gasteiger partial charge is 0.178 e. The van der Waals surface area contributed by atoms with Gasteiger partial charge in [-0.05, 0) is 97.1 Å². The van der Waals surface area contributed by atoms with Gasteiger partial charge in [-0.25, -0.2) is 0 Å². The minimum Gasteiger partial charge on any atom is -0.508 e. The Morgan fingerprint density at radius 1 is 0.294 bits per heavy atom. The van der Waals surface area contributed by atoms with Crippen LogP contribution in [-0.4, -0.2) is 20.4 Å². The van der Waals surface area contributed by atoms with Gasteiger partial charge in [-0.1, -0.05) is 0 Å². The maximum Gasteiger partial charge on any atom is 0.178 e. The van der Waals surface area contributed by atoms with Gasteiger partial charge in [0.2, 0.25) is 0 Å². The minimum atomic E-state index is 0.117.